The molecular weight excluding hydrogens is 246 g/mol. The van der Waals surface area contributed by atoms with Crippen LogP contribution in [0.2, 0.25) is 0 Å². The maximum atomic E-state index is 5.27. The van der Waals surface area contributed by atoms with Gasteiger partial charge in [-0.25, -0.2) is 0 Å². The van der Waals surface area contributed by atoms with E-state index in [0.29, 0.717) is 6.04 Å². The van der Waals surface area contributed by atoms with Crippen LogP contribution >= 0.6 is 0 Å². The Bertz CT molecular complexity index is 402. The van der Waals surface area contributed by atoms with Gasteiger partial charge in [0.05, 0.1) is 7.11 Å². The first-order valence-corrected chi connectivity index (χ1v) is 8.27. The lowest BCUT2D eigenvalue weighted by Gasteiger charge is -2.25. The van der Waals surface area contributed by atoms with Crippen LogP contribution in [0.4, 0.5) is 0 Å². The third-order valence-electron chi connectivity index (χ3n) is 4.84. The summed E-state index contributed by atoms with van der Waals surface area (Å²) in [7, 11) is 1.73. The molecule has 1 aromatic rings. The number of hydrogen-bond donors (Lipinski definition) is 1. The van der Waals surface area contributed by atoms with Gasteiger partial charge in [-0.2, -0.15) is 0 Å². The van der Waals surface area contributed by atoms with E-state index in [2.05, 4.69) is 29.6 Å². The van der Waals surface area contributed by atoms with Gasteiger partial charge in [0.2, 0.25) is 0 Å². The highest BCUT2D eigenvalue weighted by atomic mass is 16.5. The Morgan fingerprint density at radius 3 is 2.15 bits per heavy atom. The predicted molar refractivity (Wildman–Crippen MR) is 83.1 cm³/mol. The molecule has 0 spiro atoms. The van der Waals surface area contributed by atoms with Gasteiger partial charge in [0, 0.05) is 12.1 Å². The largest absolute Gasteiger partial charge is 0.497 e. The molecule has 2 aliphatic carbocycles. The van der Waals surface area contributed by atoms with Crippen LogP contribution in [0.1, 0.15) is 63.0 Å². The average molecular weight is 273 g/mol. The molecule has 110 valence electrons. The third kappa shape index (κ3) is 3.54. The Morgan fingerprint density at radius 2 is 1.60 bits per heavy atom. The van der Waals surface area contributed by atoms with Crippen LogP contribution in [-0.4, -0.2) is 13.2 Å². The molecule has 20 heavy (non-hydrogen) atoms. The van der Waals surface area contributed by atoms with Crippen molar-refractivity contribution >= 4 is 0 Å². The van der Waals surface area contributed by atoms with Gasteiger partial charge in [-0.3, -0.25) is 0 Å². The topological polar surface area (TPSA) is 21.3 Å². The number of nitrogens with one attached hydrogen (secondary N) is 1. The minimum Gasteiger partial charge on any atom is -0.497 e. The molecule has 0 saturated heterocycles. The molecule has 2 heteroatoms. The minimum absolute atomic E-state index is 0.559. The lowest BCUT2D eigenvalue weighted by Crippen LogP contribution is -2.33. The van der Waals surface area contributed by atoms with Crippen molar-refractivity contribution in [2.75, 3.05) is 7.11 Å². The molecule has 0 bridgehead atoms. The van der Waals surface area contributed by atoms with E-state index in [9.17, 15) is 0 Å². The molecule has 0 radical (unpaired) electrons. The molecule has 2 nitrogen and oxygen atoms in total. The Kier molecular flexibility index (Phi) is 4.62. The molecule has 1 unspecified atom stereocenters. The molecular formula is C18H27NO. The second kappa shape index (κ2) is 6.62. The van der Waals surface area contributed by atoms with Crippen molar-refractivity contribution < 1.29 is 4.74 Å². The highest BCUT2D eigenvalue weighted by Crippen LogP contribution is 2.42. The number of benzene rings is 1. The van der Waals surface area contributed by atoms with Gasteiger partial charge in [0.25, 0.3) is 0 Å². The molecule has 1 N–H and O–H groups in total. The highest BCUT2D eigenvalue weighted by molar-refractivity contribution is 5.30. The summed E-state index contributed by atoms with van der Waals surface area (Å²) >= 11 is 0. The van der Waals surface area contributed by atoms with Crippen LogP contribution in [-0.2, 0) is 0 Å². The molecule has 0 amide bonds. The van der Waals surface area contributed by atoms with Gasteiger partial charge in [0.1, 0.15) is 5.75 Å². The van der Waals surface area contributed by atoms with Crippen molar-refractivity contribution in [2.24, 2.45) is 5.92 Å². The van der Waals surface area contributed by atoms with E-state index < -0.39 is 0 Å². The normalized spacial score (nSPS) is 22.2. The van der Waals surface area contributed by atoms with Gasteiger partial charge in [0.15, 0.2) is 0 Å². The lowest BCUT2D eigenvalue weighted by atomic mass is 9.99. The standard InChI is InChI=1S/C18H27NO/c1-20-17-12-10-15(11-13-17)18(14-8-9-14)19-16-6-4-2-3-5-7-16/h10-14,16,18-19H,2-9H2,1H3. The molecule has 1 atom stereocenters. The first kappa shape index (κ1) is 13.9. The maximum Gasteiger partial charge on any atom is 0.118 e. The first-order chi connectivity index (χ1) is 9.86. The fraction of sp³-hybridized carbons (Fsp3) is 0.667. The van der Waals surface area contributed by atoms with Crippen molar-refractivity contribution in [1.29, 1.82) is 0 Å². The average Bonchev–Trinajstić information content (AvgIpc) is 3.32. The van der Waals surface area contributed by atoms with Gasteiger partial charge in [-0.1, -0.05) is 37.8 Å². The third-order valence-corrected chi connectivity index (χ3v) is 4.84. The van der Waals surface area contributed by atoms with E-state index in [1.165, 1.54) is 56.9 Å². The van der Waals surface area contributed by atoms with E-state index in [0.717, 1.165) is 17.7 Å². The summed E-state index contributed by atoms with van der Waals surface area (Å²) in [6, 6.07) is 9.96. The zero-order valence-electron chi connectivity index (χ0n) is 12.6. The molecule has 2 fully saturated rings. The van der Waals surface area contributed by atoms with Gasteiger partial charge < -0.3 is 10.1 Å². The van der Waals surface area contributed by atoms with E-state index in [4.69, 9.17) is 4.74 Å². The summed E-state index contributed by atoms with van der Waals surface area (Å²) < 4.78 is 5.27. The van der Waals surface area contributed by atoms with Crippen molar-refractivity contribution in [3.05, 3.63) is 29.8 Å². The zero-order valence-corrected chi connectivity index (χ0v) is 12.6. The summed E-state index contributed by atoms with van der Waals surface area (Å²) in [6.07, 6.45) is 11.1. The monoisotopic (exact) mass is 273 g/mol. The summed E-state index contributed by atoms with van der Waals surface area (Å²) in [5.74, 6) is 1.81. The maximum absolute atomic E-state index is 5.27. The zero-order chi connectivity index (χ0) is 13.8. The molecule has 2 aliphatic rings. The molecule has 0 aliphatic heterocycles. The van der Waals surface area contributed by atoms with Crippen molar-refractivity contribution in [3.8, 4) is 5.75 Å². The Labute approximate surface area is 122 Å². The highest BCUT2D eigenvalue weighted by Gasteiger charge is 2.33. The van der Waals surface area contributed by atoms with Crippen molar-refractivity contribution in [2.45, 2.75) is 63.5 Å². The summed E-state index contributed by atoms with van der Waals surface area (Å²) in [6.45, 7) is 0. The first-order valence-electron chi connectivity index (χ1n) is 8.27. The van der Waals surface area contributed by atoms with Crippen LogP contribution < -0.4 is 10.1 Å². The molecule has 3 rings (SSSR count). The number of methoxy groups -OCH3 is 1. The molecule has 2 saturated carbocycles. The van der Waals surface area contributed by atoms with Crippen LogP contribution in [0.5, 0.6) is 5.75 Å². The van der Waals surface area contributed by atoms with Crippen molar-refractivity contribution in [1.82, 2.24) is 5.32 Å². The second-order valence-corrected chi connectivity index (χ2v) is 6.44. The van der Waals surface area contributed by atoms with E-state index >= 15 is 0 Å². The Morgan fingerprint density at radius 1 is 0.950 bits per heavy atom. The van der Waals surface area contributed by atoms with Crippen LogP contribution in [0, 0.1) is 5.92 Å². The van der Waals surface area contributed by atoms with Gasteiger partial charge >= 0.3 is 0 Å². The number of rotatable bonds is 5. The fourth-order valence-electron chi connectivity index (χ4n) is 3.45. The molecule has 1 aromatic carbocycles. The summed E-state index contributed by atoms with van der Waals surface area (Å²) in [5.41, 5.74) is 1.44. The van der Waals surface area contributed by atoms with Gasteiger partial charge in [-0.15, -0.1) is 0 Å². The number of hydrogen-bond acceptors (Lipinski definition) is 2. The molecule has 0 aromatic heterocycles. The molecule has 0 heterocycles. The Hall–Kier alpha value is -1.02. The summed E-state index contributed by atoms with van der Waals surface area (Å²) in [5, 5.41) is 3.97. The Balaban J connectivity index is 1.67. The van der Waals surface area contributed by atoms with Crippen molar-refractivity contribution in [3.63, 3.8) is 0 Å². The minimum atomic E-state index is 0.559. The van der Waals surface area contributed by atoms with E-state index in [1.54, 1.807) is 7.11 Å². The lowest BCUT2D eigenvalue weighted by molar-refractivity contribution is 0.372. The van der Waals surface area contributed by atoms with E-state index in [1.807, 2.05) is 0 Å². The quantitative estimate of drug-likeness (QED) is 0.800. The van der Waals surface area contributed by atoms with Crippen LogP contribution in [0.15, 0.2) is 24.3 Å². The van der Waals surface area contributed by atoms with Crippen LogP contribution in [0.3, 0.4) is 0 Å². The second-order valence-electron chi connectivity index (χ2n) is 6.44. The smallest absolute Gasteiger partial charge is 0.118 e. The summed E-state index contributed by atoms with van der Waals surface area (Å²) in [4.78, 5) is 0. The van der Waals surface area contributed by atoms with Crippen LogP contribution in [0.25, 0.3) is 0 Å². The number of ether oxygens (including phenoxy) is 1. The predicted octanol–water partition coefficient (Wildman–Crippen LogP) is 4.46. The fourth-order valence-corrected chi connectivity index (χ4v) is 3.45. The van der Waals surface area contributed by atoms with E-state index in [-0.39, 0.29) is 0 Å². The van der Waals surface area contributed by atoms with Gasteiger partial charge in [-0.05, 0) is 49.3 Å². The SMILES string of the molecule is COc1ccc(C(NC2CCCCCC2)C2CC2)cc1.